The molecule has 2 aromatic heterocycles. The van der Waals surface area contributed by atoms with Crippen molar-refractivity contribution < 1.29 is 14.4 Å². The highest BCUT2D eigenvalue weighted by atomic mass is 32.1. The predicted octanol–water partition coefficient (Wildman–Crippen LogP) is 2.10. The zero-order valence-electron chi connectivity index (χ0n) is 16.6. The van der Waals surface area contributed by atoms with Crippen molar-refractivity contribution in [2.45, 2.75) is 38.8 Å². The van der Waals surface area contributed by atoms with Gasteiger partial charge in [0.15, 0.2) is 17.3 Å². The first kappa shape index (κ1) is 19.0. The Hall–Kier alpha value is -2.38. The van der Waals surface area contributed by atoms with Crippen molar-refractivity contribution in [3.05, 3.63) is 50.4 Å². The normalized spacial score (nSPS) is 14.7. The van der Waals surface area contributed by atoms with E-state index in [1.165, 1.54) is 21.8 Å². The molecule has 0 saturated carbocycles. The van der Waals surface area contributed by atoms with Crippen molar-refractivity contribution in [2.75, 3.05) is 21.3 Å². The first-order valence-corrected chi connectivity index (χ1v) is 10.5. The number of aryl methyl sites for hydroxylation is 2. The van der Waals surface area contributed by atoms with Gasteiger partial charge in [-0.2, -0.15) is 0 Å². The van der Waals surface area contributed by atoms with E-state index in [1.807, 2.05) is 18.2 Å². The van der Waals surface area contributed by atoms with Crippen molar-refractivity contribution in [3.63, 3.8) is 0 Å². The Morgan fingerprint density at radius 3 is 2.71 bits per heavy atom. The van der Waals surface area contributed by atoms with E-state index in [-0.39, 0.29) is 5.56 Å². The third-order valence-electron chi connectivity index (χ3n) is 5.30. The molecule has 1 aliphatic rings. The van der Waals surface area contributed by atoms with Gasteiger partial charge in [-0.05, 0) is 49.4 Å². The van der Waals surface area contributed by atoms with Crippen LogP contribution >= 0.6 is 11.3 Å². The standard InChI is InChI=1S/C21H25N3O3S/c1-24(11-13-8-9-15(26-2)16(10-13)27-3)12-18-22-20(25)19-14-6-4-5-7-17(14)28-21(19)23-18/h8-10H,4-7,11-12H2,1-3H3,(H,22,23,25)/p+1. The summed E-state index contributed by atoms with van der Waals surface area (Å²) in [5.74, 6) is 2.20. The van der Waals surface area contributed by atoms with Crippen LogP contribution in [0.5, 0.6) is 11.5 Å². The van der Waals surface area contributed by atoms with Crippen LogP contribution in [0.15, 0.2) is 23.0 Å². The van der Waals surface area contributed by atoms with Gasteiger partial charge in [0.2, 0.25) is 0 Å². The molecule has 0 saturated heterocycles. The zero-order valence-corrected chi connectivity index (χ0v) is 17.4. The van der Waals surface area contributed by atoms with Crippen LogP contribution in [0, 0.1) is 0 Å². The summed E-state index contributed by atoms with van der Waals surface area (Å²) < 4.78 is 10.7. The molecule has 7 heteroatoms. The minimum atomic E-state index is 0.0123. The summed E-state index contributed by atoms with van der Waals surface area (Å²) in [5, 5.41) is 0.820. The van der Waals surface area contributed by atoms with Crippen molar-refractivity contribution in [3.8, 4) is 11.5 Å². The third kappa shape index (κ3) is 3.64. The maximum absolute atomic E-state index is 12.7. The highest BCUT2D eigenvalue weighted by molar-refractivity contribution is 7.18. The molecule has 28 heavy (non-hydrogen) atoms. The van der Waals surface area contributed by atoms with Gasteiger partial charge in [-0.3, -0.25) is 4.79 Å². The molecule has 0 bridgehead atoms. The fourth-order valence-corrected chi connectivity index (χ4v) is 5.26. The molecule has 2 N–H and O–H groups in total. The van der Waals surface area contributed by atoms with Gasteiger partial charge in [-0.15, -0.1) is 11.3 Å². The Morgan fingerprint density at radius 1 is 1.14 bits per heavy atom. The van der Waals surface area contributed by atoms with E-state index >= 15 is 0 Å². The topological polar surface area (TPSA) is 68.7 Å². The van der Waals surface area contributed by atoms with Gasteiger partial charge >= 0.3 is 0 Å². The van der Waals surface area contributed by atoms with Gasteiger partial charge in [0, 0.05) is 10.4 Å². The summed E-state index contributed by atoms with van der Waals surface area (Å²) in [6.07, 6.45) is 4.46. The Bertz CT molecular complexity index is 1060. The molecule has 1 unspecified atom stereocenters. The van der Waals surface area contributed by atoms with Gasteiger partial charge in [0.05, 0.1) is 26.7 Å². The molecule has 1 aliphatic carbocycles. The molecule has 6 nitrogen and oxygen atoms in total. The molecule has 0 amide bonds. The van der Waals surface area contributed by atoms with E-state index in [0.717, 1.165) is 58.9 Å². The number of benzene rings is 1. The van der Waals surface area contributed by atoms with E-state index < -0.39 is 0 Å². The lowest BCUT2D eigenvalue weighted by Gasteiger charge is -2.15. The first-order chi connectivity index (χ1) is 13.6. The smallest absolute Gasteiger partial charge is 0.260 e. The van der Waals surface area contributed by atoms with E-state index in [9.17, 15) is 4.79 Å². The number of quaternary nitrogens is 1. The average molecular weight is 401 g/mol. The summed E-state index contributed by atoms with van der Waals surface area (Å²) >= 11 is 1.70. The molecular weight excluding hydrogens is 374 g/mol. The first-order valence-electron chi connectivity index (χ1n) is 9.64. The number of fused-ring (bicyclic) bond motifs is 3. The van der Waals surface area contributed by atoms with Gasteiger partial charge in [0.25, 0.3) is 5.56 Å². The van der Waals surface area contributed by atoms with Crippen LogP contribution in [0.1, 0.15) is 34.7 Å². The monoisotopic (exact) mass is 400 g/mol. The van der Waals surface area contributed by atoms with Gasteiger partial charge in [0.1, 0.15) is 17.9 Å². The molecule has 0 fully saturated rings. The highest BCUT2D eigenvalue weighted by Gasteiger charge is 2.20. The minimum Gasteiger partial charge on any atom is -0.493 e. The molecule has 148 valence electrons. The number of hydrogen-bond acceptors (Lipinski definition) is 5. The van der Waals surface area contributed by atoms with Crippen LogP contribution in [0.25, 0.3) is 10.2 Å². The van der Waals surface area contributed by atoms with Gasteiger partial charge in [-0.25, -0.2) is 4.98 Å². The zero-order chi connectivity index (χ0) is 19.7. The number of nitrogens with one attached hydrogen (secondary N) is 2. The molecule has 2 heterocycles. The fourth-order valence-electron chi connectivity index (χ4n) is 3.98. The highest BCUT2D eigenvalue weighted by Crippen LogP contribution is 2.33. The summed E-state index contributed by atoms with van der Waals surface area (Å²) in [6.45, 7) is 1.45. The SMILES string of the molecule is COc1ccc(C[NH+](C)Cc2nc3sc4c(c3c(=O)[nH]2)CCCC4)cc1OC. The average Bonchev–Trinajstić information content (AvgIpc) is 3.06. The summed E-state index contributed by atoms with van der Waals surface area (Å²) in [7, 11) is 5.37. The number of H-pyrrole nitrogens is 1. The van der Waals surface area contributed by atoms with Crippen LogP contribution in [-0.2, 0) is 25.9 Å². The predicted molar refractivity (Wildman–Crippen MR) is 111 cm³/mol. The summed E-state index contributed by atoms with van der Waals surface area (Å²) in [4.78, 5) is 24.0. The lowest BCUT2D eigenvalue weighted by molar-refractivity contribution is -0.908. The quantitative estimate of drug-likeness (QED) is 0.665. The summed E-state index contributed by atoms with van der Waals surface area (Å²) in [5.41, 5.74) is 2.39. The van der Waals surface area contributed by atoms with Crippen LogP contribution in [0.3, 0.4) is 0 Å². The van der Waals surface area contributed by atoms with Gasteiger partial charge < -0.3 is 19.4 Å². The van der Waals surface area contributed by atoms with Crippen molar-refractivity contribution in [1.29, 1.82) is 0 Å². The summed E-state index contributed by atoms with van der Waals surface area (Å²) in [6, 6.07) is 5.95. The van der Waals surface area contributed by atoms with Crippen LogP contribution < -0.4 is 19.9 Å². The van der Waals surface area contributed by atoms with Gasteiger partial charge in [-0.1, -0.05) is 0 Å². The van der Waals surface area contributed by atoms with E-state index in [1.54, 1.807) is 25.6 Å². The van der Waals surface area contributed by atoms with Crippen LogP contribution in [0.2, 0.25) is 0 Å². The second kappa shape index (κ2) is 7.93. The van der Waals surface area contributed by atoms with E-state index in [4.69, 9.17) is 14.5 Å². The molecule has 0 spiro atoms. The largest absolute Gasteiger partial charge is 0.493 e. The van der Waals surface area contributed by atoms with Crippen molar-refractivity contribution >= 4 is 21.6 Å². The lowest BCUT2D eigenvalue weighted by Crippen LogP contribution is -3.06. The third-order valence-corrected chi connectivity index (χ3v) is 6.48. The number of rotatable bonds is 6. The van der Waals surface area contributed by atoms with Crippen LogP contribution in [0.4, 0.5) is 0 Å². The Labute approximate surface area is 168 Å². The number of nitrogens with zero attached hydrogens (tertiary/aromatic N) is 1. The second-order valence-corrected chi connectivity index (χ2v) is 8.49. The molecule has 0 aliphatic heterocycles. The molecule has 1 atom stereocenters. The van der Waals surface area contributed by atoms with Crippen LogP contribution in [-0.4, -0.2) is 31.2 Å². The molecule has 3 aromatic rings. The number of methoxy groups -OCH3 is 2. The number of thiophene rings is 1. The van der Waals surface area contributed by atoms with E-state index in [0.29, 0.717) is 6.54 Å². The number of ether oxygens (including phenoxy) is 2. The molecule has 4 rings (SSSR count). The van der Waals surface area contributed by atoms with Crippen molar-refractivity contribution in [2.24, 2.45) is 0 Å². The number of aromatic nitrogens is 2. The Morgan fingerprint density at radius 2 is 1.93 bits per heavy atom. The van der Waals surface area contributed by atoms with E-state index in [2.05, 4.69) is 12.0 Å². The fraction of sp³-hybridized carbons (Fsp3) is 0.429. The molecule has 0 radical (unpaired) electrons. The second-order valence-electron chi connectivity index (χ2n) is 7.40. The maximum Gasteiger partial charge on any atom is 0.260 e. The Kier molecular flexibility index (Phi) is 5.37. The molecular formula is C21H26N3O3S+. The van der Waals surface area contributed by atoms with Crippen molar-refractivity contribution in [1.82, 2.24) is 9.97 Å². The number of hydrogen-bond donors (Lipinski definition) is 2. The minimum absolute atomic E-state index is 0.0123. The Balaban J connectivity index is 1.54. The maximum atomic E-state index is 12.7. The molecule has 1 aromatic carbocycles. The lowest BCUT2D eigenvalue weighted by atomic mass is 9.97. The number of aromatic amines is 1.